The molecule has 112 valence electrons. The molecule has 0 bridgehead atoms. The Balaban J connectivity index is 2.42. The molecule has 0 saturated carbocycles. The molecule has 1 aliphatic rings. The number of nitrogens with one attached hydrogen (secondary N) is 1. The van der Waals surface area contributed by atoms with Crippen LogP contribution in [-0.2, 0) is 9.47 Å². The van der Waals surface area contributed by atoms with E-state index in [2.05, 4.69) is 10.4 Å². The maximum atomic E-state index is 6.08. The van der Waals surface area contributed by atoms with Gasteiger partial charge in [-0.1, -0.05) is 0 Å². The number of hydrogen-bond donors (Lipinski definition) is 3. The van der Waals surface area contributed by atoms with Crippen molar-refractivity contribution in [3.05, 3.63) is 23.4 Å². The molecule has 1 aromatic rings. The average molecular weight is 280 g/mol. The Morgan fingerprint density at radius 2 is 2.20 bits per heavy atom. The SMILES string of the molecule is CCOC1(C(NN)c2c(C)ccnc2N)CCOCC1. The summed E-state index contributed by atoms with van der Waals surface area (Å²) in [5, 5.41) is 0. The van der Waals surface area contributed by atoms with Crippen molar-refractivity contribution in [2.24, 2.45) is 5.84 Å². The fourth-order valence-electron chi connectivity index (χ4n) is 2.99. The molecule has 20 heavy (non-hydrogen) atoms. The molecule has 6 nitrogen and oxygen atoms in total. The summed E-state index contributed by atoms with van der Waals surface area (Å²) in [5.74, 6) is 6.33. The monoisotopic (exact) mass is 280 g/mol. The van der Waals surface area contributed by atoms with Crippen LogP contribution in [0.15, 0.2) is 12.3 Å². The standard InChI is InChI=1S/C14H24N4O2/c1-3-20-14(5-8-19-9-6-14)12(18-16)11-10(2)4-7-17-13(11)15/h4,7,12,18H,3,5-6,8-9,16H2,1-2H3,(H2,15,17). The lowest BCUT2D eigenvalue weighted by Gasteiger charge is -2.43. The van der Waals surface area contributed by atoms with Crippen molar-refractivity contribution in [1.82, 2.24) is 10.4 Å². The quantitative estimate of drug-likeness (QED) is 0.551. The van der Waals surface area contributed by atoms with E-state index in [0.717, 1.165) is 24.0 Å². The summed E-state index contributed by atoms with van der Waals surface area (Å²) in [7, 11) is 0. The highest BCUT2D eigenvalue weighted by atomic mass is 16.5. The maximum absolute atomic E-state index is 6.08. The van der Waals surface area contributed by atoms with Crippen LogP contribution in [0, 0.1) is 6.92 Å². The molecular formula is C14H24N4O2. The predicted molar refractivity (Wildman–Crippen MR) is 77.9 cm³/mol. The minimum atomic E-state index is -0.399. The van der Waals surface area contributed by atoms with Gasteiger partial charge in [-0.15, -0.1) is 0 Å². The van der Waals surface area contributed by atoms with Gasteiger partial charge in [0.2, 0.25) is 0 Å². The van der Waals surface area contributed by atoms with Crippen LogP contribution < -0.4 is 17.0 Å². The Labute approximate surface area is 119 Å². The van der Waals surface area contributed by atoms with Gasteiger partial charge in [0.25, 0.3) is 0 Å². The van der Waals surface area contributed by atoms with E-state index < -0.39 is 5.60 Å². The largest absolute Gasteiger partial charge is 0.383 e. The fraction of sp³-hybridized carbons (Fsp3) is 0.643. The van der Waals surface area contributed by atoms with E-state index >= 15 is 0 Å². The van der Waals surface area contributed by atoms with Gasteiger partial charge in [-0.3, -0.25) is 5.84 Å². The molecule has 1 aromatic heterocycles. The molecule has 1 unspecified atom stereocenters. The number of nitrogens with zero attached hydrogens (tertiary/aromatic N) is 1. The van der Waals surface area contributed by atoms with Crippen molar-refractivity contribution in [3.63, 3.8) is 0 Å². The Morgan fingerprint density at radius 3 is 2.75 bits per heavy atom. The van der Waals surface area contributed by atoms with E-state index in [-0.39, 0.29) is 6.04 Å². The van der Waals surface area contributed by atoms with E-state index in [4.69, 9.17) is 21.1 Å². The third-order valence-electron chi connectivity index (χ3n) is 3.99. The van der Waals surface area contributed by atoms with E-state index in [1.165, 1.54) is 0 Å². The maximum Gasteiger partial charge on any atom is 0.128 e. The molecular weight excluding hydrogens is 256 g/mol. The van der Waals surface area contributed by atoms with Gasteiger partial charge in [0.15, 0.2) is 0 Å². The molecule has 1 fully saturated rings. The van der Waals surface area contributed by atoms with E-state index in [1.54, 1.807) is 6.20 Å². The van der Waals surface area contributed by atoms with Crippen molar-refractivity contribution < 1.29 is 9.47 Å². The Morgan fingerprint density at radius 1 is 1.50 bits per heavy atom. The van der Waals surface area contributed by atoms with Gasteiger partial charge in [0.1, 0.15) is 5.82 Å². The predicted octanol–water partition coefficient (Wildman–Crippen LogP) is 1.06. The number of nitrogen functional groups attached to an aromatic ring is 1. The first-order valence-corrected chi connectivity index (χ1v) is 7.03. The van der Waals surface area contributed by atoms with Crippen molar-refractivity contribution in [3.8, 4) is 0 Å². The van der Waals surface area contributed by atoms with Crippen molar-refractivity contribution in [1.29, 1.82) is 0 Å². The highest BCUT2D eigenvalue weighted by Gasteiger charge is 2.43. The van der Waals surface area contributed by atoms with Gasteiger partial charge >= 0.3 is 0 Å². The second-order valence-electron chi connectivity index (χ2n) is 5.14. The summed E-state index contributed by atoms with van der Waals surface area (Å²) < 4.78 is 11.5. The lowest BCUT2D eigenvalue weighted by Crippen LogP contribution is -2.52. The normalized spacial score (nSPS) is 19.8. The summed E-state index contributed by atoms with van der Waals surface area (Å²) in [6.45, 7) is 5.95. The molecule has 0 radical (unpaired) electrons. The number of nitrogens with two attached hydrogens (primary N) is 2. The van der Waals surface area contributed by atoms with E-state index in [1.807, 2.05) is 19.9 Å². The van der Waals surface area contributed by atoms with E-state index in [9.17, 15) is 0 Å². The van der Waals surface area contributed by atoms with Gasteiger partial charge < -0.3 is 15.2 Å². The van der Waals surface area contributed by atoms with E-state index in [0.29, 0.717) is 25.6 Å². The minimum Gasteiger partial charge on any atom is -0.383 e. The molecule has 1 saturated heterocycles. The third kappa shape index (κ3) is 2.78. The topological polar surface area (TPSA) is 95.4 Å². The van der Waals surface area contributed by atoms with Crippen LogP contribution in [0.4, 0.5) is 5.82 Å². The van der Waals surface area contributed by atoms with Gasteiger partial charge in [-0.2, -0.15) is 0 Å². The second-order valence-corrected chi connectivity index (χ2v) is 5.14. The number of anilines is 1. The summed E-state index contributed by atoms with van der Waals surface area (Å²) in [4.78, 5) is 4.19. The Hall–Kier alpha value is -1.21. The van der Waals surface area contributed by atoms with Gasteiger partial charge in [0.05, 0.1) is 11.6 Å². The number of aromatic nitrogens is 1. The molecule has 2 rings (SSSR count). The summed E-state index contributed by atoms with van der Waals surface area (Å²) in [6, 6.07) is 1.75. The fourth-order valence-corrected chi connectivity index (χ4v) is 2.99. The molecule has 0 spiro atoms. The number of rotatable bonds is 5. The zero-order chi connectivity index (χ0) is 14.6. The van der Waals surface area contributed by atoms with Gasteiger partial charge in [0, 0.05) is 44.4 Å². The summed E-state index contributed by atoms with van der Waals surface area (Å²) in [6.07, 6.45) is 3.27. The molecule has 0 amide bonds. The van der Waals surface area contributed by atoms with Crippen LogP contribution in [-0.4, -0.2) is 30.4 Å². The lowest BCUT2D eigenvalue weighted by molar-refractivity contribution is -0.128. The van der Waals surface area contributed by atoms with Crippen LogP contribution in [0.25, 0.3) is 0 Å². The molecule has 5 N–H and O–H groups in total. The highest BCUT2D eigenvalue weighted by Crippen LogP contribution is 2.40. The zero-order valence-corrected chi connectivity index (χ0v) is 12.2. The number of hydrogen-bond acceptors (Lipinski definition) is 6. The van der Waals surface area contributed by atoms with Crippen molar-refractivity contribution in [2.75, 3.05) is 25.6 Å². The number of ether oxygens (including phenoxy) is 2. The van der Waals surface area contributed by atoms with Crippen LogP contribution >= 0.6 is 0 Å². The van der Waals surface area contributed by atoms with Crippen LogP contribution in [0.3, 0.4) is 0 Å². The molecule has 0 aromatic carbocycles. The first-order valence-electron chi connectivity index (χ1n) is 7.03. The second kappa shape index (κ2) is 6.49. The number of pyridine rings is 1. The average Bonchev–Trinajstić information content (AvgIpc) is 2.44. The van der Waals surface area contributed by atoms with Crippen molar-refractivity contribution in [2.45, 2.75) is 38.3 Å². The van der Waals surface area contributed by atoms with Gasteiger partial charge in [-0.05, 0) is 25.5 Å². The van der Waals surface area contributed by atoms with Gasteiger partial charge in [-0.25, -0.2) is 10.4 Å². The molecule has 0 aliphatic carbocycles. The van der Waals surface area contributed by atoms with Crippen LogP contribution in [0.1, 0.15) is 36.9 Å². The van der Waals surface area contributed by atoms with Crippen LogP contribution in [0.2, 0.25) is 0 Å². The minimum absolute atomic E-state index is 0.194. The Bertz CT molecular complexity index is 421. The Kier molecular flexibility index (Phi) is 4.93. The first-order chi connectivity index (χ1) is 9.64. The summed E-state index contributed by atoms with van der Waals surface area (Å²) >= 11 is 0. The number of hydrazine groups is 1. The number of aryl methyl sites for hydroxylation is 1. The molecule has 1 aliphatic heterocycles. The van der Waals surface area contributed by atoms with Crippen LogP contribution in [0.5, 0.6) is 0 Å². The zero-order valence-electron chi connectivity index (χ0n) is 12.2. The smallest absolute Gasteiger partial charge is 0.128 e. The molecule has 2 heterocycles. The molecule has 1 atom stereocenters. The molecule has 6 heteroatoms. The first kappa shape index (κ1) is 15.2. The lowest BCUT2D eigenvalue weighted by atomic mass is 9.81. The third-order valence-corrected chi connectivity index (χ3v) is 3.99. The van der Waals surface area contributed by atoms with Crippen molar-refractivity contribution >= 4 is 5.82 Å². The summed E-state index contributed by atoms with van der Waals surface area (Å²) in [5.41, 5.74) is 10.5. The highest BCUT2D eigenvalue weighted by molar-refractivity contribution is 5.47.